The van der Waals surface area contributed by atoms with Gasteiger partial charge in [-0.15, -0.1) is 0 Å². The predicted molar refractivity (Wildman–Crippen MR) is 257 cm³/mol. The summed E-state index contributed by atoms with van der Waals surface area (Å²) < 4.78 is 6.63. The quantitative estimate of drug-likeness (QED) is 0.174. The first-order chi connectivity index (χ1) is 29.4. The lowest BCUT2D eigenvalue weighted by molar-refractivity contribution is 0.659. The third-order valence-electron chi connectivity index (χ3n) is 13.0. The van der Waals surface area contributed by atoms with Gasteiger partial charge < -0.3 is 4.42 Å². The van der Waals surface area contributed by atoms with E-state index in [-0.39, 0.29) is 5.41 Å². The highest BCUT2D eigenvalue weighted by Crippen LogP contribution is 2.56. The summed E-state index contributed by atoms with van der Waals surface area (Å²) in [5, 5.41) is 12.2. The van der Waals surface area contributed by atoms with Crippen LogP contribution in [0.5, 0.6) is 0 Å². The Kier molecular flexibility index (Phi) is 8.36. The maximum atomic E-state index is 6.63. The SMILES string of the molecule is CC=c1c(-c2ccc3ccccc3c2)ccccccc(-c2ccc3cc(-c4ccc5c(c4)-c4c(c6c7ccccc7oc6c6ccccc46)C5(C)C)ccc3c2)c1=CC. The summed E-state index contributed by atoms with van der Waals surface area (Å²) in [4.78, 5) is 0. The second kappa shape index (κ2) is 14.0. The van der Waals surface area contributed by atoms with E-state index in [0.717, 1.165) is 11.2 Å². The molecule has 1 aromatic heterocycles. The van der Waals surface area contributed by atoms with Crippen molar-refractivity contribution in [3.63, 3.8) is 0 Å². The molecule has 0 amide bonds. The molecule has 0 aliphatic heterocycles. The average Bonchev–Trinajstić information content (AvgIpc) is 3.79. The van der Waals surface area contributed by atoms with Crippen LogP contribution in [0.3, 0.4) is 0 Å². The first kappa shape index (κ1) is 35.9. The van der Waals surface area contributed by atoms with Crippen molar-refractivity contribution < 1.29 is 4.42 Å². The molecule has 0 bridgehead atoms. The van der Waals surface area contributed by atoms with Crippen LogP contribution >= 0.6 is 0 Å². The fourth-order valence-corrected chi connectivity index (χ4v) is 10.1. The summed E-state index contributed by atoms with van der Waals surface area (Å²) in [5.41, 5.74) is 14.3. The highest BCUT2D eigenvalue weighted by Gasteiger charge is 2.40. The molecule has 0 fully saturated rings. The summed E-state index contributed by atoms with van der Waals surface area (Å²) in [7, 11) is 0. The predicted octanol–water partition coefficient (Wildman–Crippen LogP) is 15.1. The molecule has 11 rings (SSSR count). The fraction of sp³-hybridized carbons (Fsp3) is 0.0847. The van der Waals surface area contributed by atoms with Crippen LogP contribution in [-0.2, 0) is 5.41 Å². The smallest absolute Gasteiger partial charge is 0.143 e. The van der Waals surface area contributed by atoms with Crippen molar-refractivity contribution in [2.24, 2.45) is 0 Å². The van der Waals surface area contributed by atoms with Crippen molar-refractivity contribution in [1.82, 2.24) is 0 Å². The lowest BCUT2D eigenvalue weighted by Crippen LogP contribution is -2.27. The van der Waals surface area contributed by atoms with Crippen LogP contribution in [0, 0.1) is 0 Å². The molecule has 1 nitrogen and oxygen atoms in total. The number of furan rings is 1. The zero-order valence-electron chi connectivity index (χ0n) is 34.4. The molecule has 0 N–H and O–H groups in total. The minimum atomic E-state index is -0.197. The molecule has 10 aromatic rings. The molecule has 0 saturated carbocycles. The Labute approximate surface area is 350 Å². The van der Waals surface area contributed by atoms with Gasteiger partial charge in [-0.05, 0) is 137 Å². The van der Waals surface area contributed by atoms with E-state index in [1.165, 1.54) is 109 Å². The number of fused-ring (bicyclic) bond motifs is 12. The van der Waals surface area contributed by atoms with Crippen LogP contribution in [-0.4, -0.2) is 0 Å². The van der Waals surface area contributed by atoms with Gasteiger partial charge >= 0.3 is 0 Å². The highest BCUT2D eigenvalue weighted by molar-refractivity contribution is 6.23. The fourth-order valence-electron chi connectivity index (χ4n) is 10.1. The maximum absolute atomic E-state index is 6.63. The van der Waals surface area contributed by atoms with Gasteiger partial charge in [-0.3, -0.25) is 0 Å². The third kappa shape index (κ3) is 5.53. The van der Waals surface area contributed by atoms with E-state index in [4.69, 9.17) is 4.42 Å². The molecule has 0 spiro atoms. The summed E-state index contributed by atoms with van der Waals surface area (Å²) in [6, 6.07) is 66.7. The number of benzene rings is 8. The number of hydrogen-bond donors (Lipinski definition) is 0. The molecule has 9 aromatic carbocycles. The van der Waals surface area contributed by atoms with Crippen molar-refractivity contribution >= 4 is 66.4 Å². The van der Waals surface area contributed by atoms with Crippen molar-refractivity contribution in [3.8, 4) is 44.5 Å². The van der Waals surface area contributed by atoms with Gasteiger partial charge in [-0.2, -0.15) is 0 Å². The molecule has 1 aliphatic carbocycles. The second-order valence-electron chi connectivity index (χ2n) is 16.7. The Bertz CT molecular complexity index is 3600. The van der Waals surface area contributed by atoms with Crippen LogP contribution in [0.15, 0.2) is 186 Å². The number of rotatable bonds is 3. The Morgan fingerprint density at radius 2 is 0.917 bits per heavy atom. The summed E-state index contributed by atoms with van der Waals surface area (Å²) >= 11 is 0. The van der Waals surface area contributed by atoms with Gasteiger partial charge in [0.25, 0.3) is 0 Å². The van der Waals surface area contributed by atoms with Gasteiger partial charge in [0, 0.05) is 21.6 Å². The maximum Gasteiger partial charge on any atom is 0.143 e. The molecule has 1 heterocycles. The topological polar surface area (TPSA) is 13.1 Å². The van der Waals surface area contributed by atoms with Gasteiger partial charge in [-0.1, -0.05) is 178 Å². The standard InChI is InChI=1S/C59H44O/c1-5-45-46(6-2)48(20-10-8-7-9-19-47(45)43-29-25-37-17-11-12-18-38(37)34-43)44-30-28-39-33-40(26-27-41(39)35-44)42-31-32-53-52(36-42)55-49-21-13-14-22-50(49)58-56(57(55)59(53,3)4)51-23-15-16-24-54(51)60-58/h5-36H,1-4H3. The van der Waals surface area contributed by atoms with Crippen LogP contribution in [0.25, 0.3) is 111 Å². The molecular weight excluding hydrogens is 725 g/mol. The largest absolute Gasteiger partial charge is 0.455 e. The Hall–Kier alpha value is -7.22. The van der Waals surface area contributed by atoms with E-state index < -0.39 is 0 Å². The minimum absolute atomic E-state index is 0.197. The first-order valence-electron chi connectivity index (χ1n) is 21.1. The molecule has 0 unspecified atom stereocenters. The Balaban J connectivity index is 1.04. The molecular formula is C59H44O. The summed E-state index contributed by atoms with van der Waals surface area (Å²) in [6.07, 6.45) is 4.52. The minimum Gasteiger partial charge on any atom is -0.455 e. The molecule has 60 heavy (non-hydrogen) atoms. The molecule has 1 heteroatoms. The van der Waals surface area contributed by atoms with E-state index in [2.05, 4.69) is 222 Å². The summed E-state index contributed by atoms with van der Waals surface area (Å²) in [6.45, 7) is 9.06. The van der Waals surface area contributed by atoms with Crippen molar-refractivity contribution in [1.29, 1.82) is 0 Å². The monoisotopic (exact) mass is 768 g/mol. The van der Waals surface area contributed by atoms with E-state index >= 15 is 0 Å². The second-order valence-corrected chi connectivity index (χ2v) is 16.7. The van der Waals surface area contributed by atoms with E-state index in [1.807, 2.05) is 0 Å². The zero-order valence-corrected chi connectivity index (χ0v) is 34.4. The van der Waals surface area contributed by atoms with Gasteiger partial charge in [0.15, 0.2) is 0 Å². The average molecular weight is 769 g/mol. The Morgan fingerprint density at radius 3 is 1.60 bits per heavy atom. The van der Waals surface area contributed by atoms with E-state index in [0.29, 0.717) is 0 Å². The van der Waals surface area contributed by atoms with Crippen LogP contribution in [0.4, 0.5) is 0 Å². The highest BCUT2D eigenvalue weighted by atomic mass is 16.3. The molecule has 0 radical (unpaired) electrons. The number of hydrogen-bond acceptors (Lipinski definition) is 1. The van der Waals surface area contributed by atoms with Gasteiger partial charge in [0.2, 0.25) is 0 Å². The lowest BCUT2D eigenvalue weighted by Gasteiger charge is -2.23. The molecule has 0 atom stereocenters. The lowest BCUT2D eigenvalue weighted by atomic mass is 9.79. The third-order valence-corrected chi connectivity index (χ3v) is 13.0. The molecule has 1 aliphatic rings. The molecule has 0 saturated heterocycles. The van der Waals surface area contributed by atoms with Crippen LogP contribution in [0.1, 0.15) is 38.8 Å². The van der Waals surface area contributed by atoms with Crippen molar-refractivity contribution in [2.45, 2.75) is 33.1 Å². The van der Waals surface area contributed by atoms with E-state index in [1.54, 1.807) is 0 Å². The molecule has 286 valence electrons. The van der Waals surface area contributed by atoms with Gasteiger partial charge in [0.05, 0.1) is 0 Å². The van der Waals surface area contributed by atoms with Crippen molar-refractivity contribution in [3.05, 3.63) is 204 Å². The van der Waals surface area contributed by atoms with Crippen LogP contribution in [0.2, 0.25) is 0 Å². The summed E-state index contributed by atoms with van der Waals surface area (Å²) in [5.74, 6) is 0. The first-order valence-corrected chi connectivity index (χ1v) is 21.1. The zero-order chi connectivity index (χ0) is 40.5. The Morgan fingerprint density at radius 1 is 0.417 bits per heavy atom. The van der Waals surface area contributed by atoms with Crippen LogP contribution < -0.4 is 10.4 Å². The van der Waals surface area contributed by atoms with Gasteiger partial charge in [0.1, 0.15) is 11.2 Å². The number of para-hydroxylation sites is 1. The van der Waals surface area contributed by atoms with E-state index in [9.17, 15) is 0 Å². The van der Waals surface area contributed by atoms with Gasteiger partial charge in [-0.25, -0.2) is 0 Å². The normalized spacial score (nSPS) is 13.7. The van der Waals surface area contributed by atoms with Crippen molar-refractivity contribution in [2.75, 3.05) is 0 Å².